The van der Waals surface area contributed by atoms with E-state index in [1.807, 2.05) is 42.4 Å². The van der Waals surface area contributed by atoms with Crippen LogP contribution >= 0.6 is 0 Å². The number of hydrogen-bond acceptors (Lipinski definition) is 4. The van der Waals surface area contributed by atoms with Gasteiger partial charge in [0.15, 0.2) is 0 Å². The summed E-state index contributed by atoms with van der Waals surface area (Å²) >= 11 is 0. The SMILES string of the molecule is [2H]C([2H])([2H])N1C(=O)c2cccc(OC(F)F)c2[C@H]2C[C@@H]1c1nc3ccc(C#CC4CCN(C(=O)C(C)(C)C)C4)cc3n12. The van der Waals surface area contributed by atoms with Crippen LogP contribution in [-0.2, 0) is 4.79 Å². The van der Waals surface area contributed by atoms with Crippen LogP contribution in [-0.4, -0.2) is 57.8 Å². The van der Waals surface area contributed by atoms with Crippen molar-refractivity contribution >= 4 is 22.8 Å². The molecule has 3 aliphatic rings. The van der Waals surface area contributed by atoms with Crippen LogP contribution in [0.2, 0.25) is 0 Å². The number of carbonyl (C=O) groups excluding carboxylic acids is 2. The summed E-state index contributed by atoms with van der Waals surface area (Å²) in [5.41, 5.74) is 1.69. The number of alkyl halides is 2. The Bertz CT molecular complexity index is 1670. The molecule has 0 N–H and O–H groups in total. The van der Waals surface area contributed by atoms with Gasteiger partial charge in [-0.15, -0.1) is 0 Å². The predicted molar refractivity (Wildman–Crippen MR) is 141 cm³/mol. The number of carbonyl (C=O) groups is 2. The minimum Gasteiger partial charge on any atom is -0.434 e. The highest BCUT2D eigenvalue weighted by Gasteiger charge is 2.45. The van der Waals surface area contributed by atoms with Gasteiger partial charge in [-0.1, -0.05) is 38.7 Å². The van der Waals surface area contributed by atoms with E-state index in [1.54, 1.807) is 6.07 Å². The number of likely N-dealkylation sites (tertiary alicyclic amines) is 1. The van der Waals surface area contributed by atoms with Gasteiger partial charge < -0.3 is 19.1 Å². The van der Waals surface area contributed by atoms with Crippen molar-refractivity contribution in [3.8, 4) is 17.6 Å². The molecule has 2 aromatic carbocycles. The van der Waals surface area contributed by atoms with Gasteiger partial charge in [-0.3, -0.25) is 9.59 Å². The maximum atomic E-state index is 13.6. The van der Waals surface area contributed by atoms with E-state index >= 15 is 0 Å². The summed E-state index contributed by atoms with van der Waals surface area (Å²) in [7, 11) is 0. The smallest absolute Gasteiger partial charge is 0.387 e. The molecule has 0 radical (unpaired) electrons. The third-order valence-electron chi connectivity index (χ3n) is 7.69. The number of nitrogens with zero attached hydrogens (tertiary/aromatic N) is 4. The van der Waals surface area contributed by atoms with E-state index in [-0.39, 0.29) is 35.1 Å². The fourth-order valence-corrected chi connectivity index (χ4v) is 5.91. The topological polar surface area (TPSA) is 67.7 Å². The molecule has 3 aromatic rings. The standard InChI is InChI=1S/C30H30F2N4O3/c1-30(2,3)28(38)35-13-12-18(16-35)9-8-17-10-11-20-21(14-17)36-22-15-23(26(36)33-20)34(4)27(37)19-6-5-7-24(25(19)22)39-29(31)32/h5-7,10-11,14,18,22-23,29H,12-13,15-16H2,1-4H3/t18?,22-,23-/m1/s1/i4D3. The summed E-state index contributed by atoms with van der Waals surface area (Å²) in [6.07, 6.45) is 0.931. The first kappa shape index (κ1) is 21.9. The maximum absolute atomic E-state index is 13.6. The zero-order valence-corrected chi connectivity index (χ0v) is 21.9. The first-order valence-corrected chi connectivity index (χ1v) is 13.0. The summed E-state index contributed by atoms with van der Waals surface area (Å²) in [4.78, 5) is 33.6. The minimum absolute atomic E-state index is 0.0100. The molecule has 7 nitrogen and oxygen atoms in total. The molecule has 2 amide bonds. The van der Waals surface area contributed by atoms with E-state index in [9.17, 15) is 18.4 Å². The van der Waals surface area contributed by atoms with Crippen molar-refractivity contribution in [2.24, 2.45) is 11.3 Å². The number of amides is 2. The summed E-state index contributed by atoms with van der Waals surface area (Å²) in [5.74, 6) is 6.06. The molecule has 6 rings (SSSR count). The fraction of sp³-hybridized carbons (Fsp3) is 0.433. The molecular formula is C30H30F2N4O3. The summed E-state index contributed by atoms with van der Waals surface area (Å²) in [6.45, 7) is 1.02. The van der Waals surface area contributed by atoms with Gasteiger partial charge in [0.2, 0.25) is 5.91 Å². The Morgan fingerprint density at radius 3 is 2.79 bits per heavy atom. The van der Waals surface area contributed by atoms with Crippen LogP contribution in [0.5, 0.6) is 5.75 Å². The van der Waals surface area contributed by atoms with Crippen molar-refractivity contribution in [3.63, 3.8) is 0 Å². The lowest BCUT2D eigenvalue weighted by Gasteiger charge is -2.25. The third-order valence-corrected chi connectivity index (χ3v) is 7.69. The fourth-order valence-electron chi connectivity index (χ4n) is 5.91. The molecule has 0 spiro atoms. The lowest BCUT2D eigenvalue weighted by atomic mass is 9.95. The molecule has 1 unspecified atom stereocenters. The summed E-state index contributed by atoms with van der Waals surface area (Å²) in [5, 5.41) is 0. The highest BCUT2D eigenvalue weighted by atomic mass is 19.3. The molecular weight excluding hydrogens is 502 g/mol. The van der Waals surface area contributed by atoms with E-state index in [2.05, 4.69) is 11.8 Å². The molecule has 3 aliphatic heterocycles. The van der Waals surface area contributed by atoms with Crippen molar-refractivity contribution < 1.29 is 27.2 Å². The van der Waals surface area contributed by atoms with Gasteiger partial charge in [0.1, 0.15) is 11.6 Å². The second-order valence-corrected chi connectivity index (χ2v) is 11.3. The highest BCUT2D eigenvalue weighted by molar-refractivity contribution is 5.98. The van der Waals surface area contributed by atoms with Crippen LogP contribution in [0.4, 0.5) is 8.78 Å². The zero-order chi connectivity index (χ0) is 30.1. The number of hydrogen-bond donors (Lipinski definition) is 0. The summed E-state index contributed by atoms with van der Waals surface area (Å²) in [6, 6.07) is 8.11. The Morgan fingerprint density at radius 2 is 2.05 bits per heavy atom. The molecule has 1 fully saturated rings. The van der Waals surface area contributed by atoms with Crippen LogP contribution < -0.4 is 4.74 Å². The van der Waals surface area contributed by atoms with Crippen LogP contribution in [0, 0.1) is 23.2 Å². The minimum atomic E-state index is -3.13. The largest absolute Gasteiger partial charge is 0.434 e. The average Bonchev–Trinajstić information content (AvgIpc) is 3.58. The van der Waals surface area contributed by atoms with Crippen LogP contribution in [0.3, 0.4) is 0 Å². The lowest BCUT2D eigenvalue weighted by Crippen LogP contribution is -2.37. The number of ether oxygens (including phenoxy) is 1. The van der Waals surface area contributed by atoms with Gasteiger partial charge in [0.25, 0.3) is 5.91 Å². The zero-order valence-electron chi connectivity index (χ0n) is 24.9. The van der Waals surface area contributed by atoms with Crippen LogP contribution in [0.25, 0.3) is 11.0 Å². The molecule has 2 bridgehead atoms. The van der Waals surface area contributed by atoms with Gasteiger partial charge in [-0.05, 0) is 36.8 Å². The van der Waals surface area contributed by atoms with Gasteiger partial charge in [-0.2, -0.15) is 8.78 Å². The number of imidazole rings is 1. The Hall–Kier alpha value is -3.93. The quantitative estimate of drug-likeness (QED) is 0.433. The molecule has 0 aliphatic carbocycles. The Labute approximate surface area is 229 Å². The predicted octanol–water partition coefficient (Wildman–Crippen LogP) is 5.00. The van der Waals surface area contributed by atoms with E-state index in [0.29, 0.717) is 35.5 Å². The van der Waals surface area contributed by atoms with Crippen molar-refractivity contribution in [3.05, 3.63) is 58.9 Å². The van der Waals surface area contributed by atoms with Gasteiger partial charge in [-0.25, -0.2) is 4.98 Å². The Morgan fingerprint density at radius 1 is 1.23 bits per heavy atom. The van der Waals surface area contributed by atoms with E-state index in [1.165, 1.54) is 18.2 Å². The van der Waals surface area contributed by atoms with Crippen LogP contribution in [0.15, 0.2) is 36.4 Å². The monoisotopic (exact) mass is 535 g/mol. The van der Waals surface area contributed by atoms with Crippen LogP contribution in [0.1, 0.15) is 77.1 Å². The van der Waals surface area contributed by atoms with Gasteiger partial charge >= 0.3 is 6.61 Å². The molecule has 0 saturated carbocycles. The first-order valence-electron chi connectivity index (χ1n) is 14.5. The third kappa shape index (κ3) is 4.22. The average molecular weight is 536 g/mol. The maximum Gasteiger partial charge on any atom is 0.387 e. The van der Waals surface area contributed by atoms with Gasteiger partial charge in [0.05, 0.1) is 23.1 Å². The van der Waals surface area contributed by atoms with Crippen molar-refractivity contribution in [1.82, 2.24) is 19.4 Å². The molecule has 4 heterocycles. The van der Waals surface area contributed by atoms with E-state index in [0.717, 1.165) is 11.3 Å². The number of halogens is 2. The van der Waals surface area contributed by atoms with Crippen molar-refractivity contribution in [1.29, 1.82) is 0 Å². The van der Waals surface area contributed by atoms with Crippen molar-refractivity contribution in [2.45, 2.75) is 52.3 Å². The molecule has 1 saturated heterocycles. The van der Waals surface area contributed by atoms with E-state index < -0.39 is 37.0 Å². The molecule has 9 heteroatoms. The number of aromatic nitrogens is 2. The first-order chi connectivity index (χ1) is 19.7. The molecule has 1 aromatic heterocycles. The number of benzene rings is 2. The second-order valence-electron chi connectivity index (χ2n) is 11.3. The second kappa shape index (κ2) is 9.08. The highest BCUT2D eigenvalue weighted by Crippen LogP contribution is 2.50. The molecule has 202 valence electrons. The summed E-state index contributed by atoms with van der Waals surface area (Å²) < 4.78 is 57.9. The Balaban J connectivity index is 1.42. The van der Waals surface area contributed by atoms with E-state index in [4.69, 9.17) is 13.8 Å². The van der Waals surface area contributed by atoms with Gasteiger partial charge in [0, 0.05) is 58.6 Å². The van der Waals surface area contributed by atoms with Crippen molar-refractivity contribution in [2.75, 3.05) is 20.1 Å². The Kier molecular flexibility index (Phi) is 5.11. The molecule has 39 heavy (non-hydrogen) atoms. The molecule has 3 atom stereocenters. The normalized spacial score (nSPS) is 23.5. The number of fused-ring (bicyclic) bond motifs is 9. The number of rotatable bonds is 2. The lowest BCUT2D eigenvalue weighted by molar-refractivity contribution is -0.138.